The molecule has 0 spiro atoms. The number of halogens is 1. The zero-order valence-electron chi connectivity index (χ0n) is 10.7. The van der Waals surface area contributed by atoms with Crippen LogP contribution in [-0.4, -0.2) is 6.04 Å². The molecular formula is C15H16BrN3. The second-order valence-electron chi connectivity index (χ2n) is 4.93. The van der Waals surface area contributed by atoms with E-state index in [2.05, 4.69) is 33.4 Å². The maximum Gasteiger partial charge on any atom is 0.0992 e. The Labute approximate surface area is 122 Å². The summed E-state index contributed by atoms with van der Waals surface area (Å²) in [6, 6.07) is 10.3. The lowest BCUT2D eigenvalue weighted by atomic mass is 9.96. The molecule has 2 rings (SSSR count). The molecule has 0 heterocycles. The van der Waals surface area contributed by atoms with Crippen LogP contribution in [0, 0.1) is 28.6 Å². The Bertz CT molecular complexity index is 527. The van der Waals surface area contributed by atoms with E-state index in [1.54, 1.807) is 12.1 Å². The third-order valence-electron chi connectivity index (χ3n) is 3.62. The molecule has 1 N–H and O–H groups in total. The van der Waals surface area contributed by atoms with Gasteiger partial charge in [0.25, 0.3) is 0 Å². The summed E-state index contributed by atoms with van der Waals surface area (Å²) in [7, 11) is 0. The third-order valence-corrected chi connectivity index (χ3v) is 4.28. The summed E-state index contributed by atoms with van der Waals surface area (Å²) in [5.41, 5.74) is 1.60. The standard InChI is InChI=1S/C15H16BrN3/c16-13-8-11(9-17)6-7-15(13)19-14-5-3-1-2-4-12(14)10-18/h6-8,12,14,19H,1-5H2. The second-order valence-corrected chi connectivity index (χ2v) is 5.79. The van der Waals surface area contributed by atoms with Gasteiger partial charge in [0, 0.05) is 16.2 Å². The molecule has 4 heteroatoms. The maximum atomic E-state index is 9.27. The third kappa shape index (κ3) is 3.49. The van der Waals surface area contributed by atoms with E-state index in [0.29, 0.717) is 5.56 Å². The van der Waals surface area contributed by atoms with Crippen LogP contribution in [0.3, 0.4) is 0 Å². The van der Waals surface area contributed by atoms with Gasteiger partial charge in [0.05, 0.1) is 23.6 Å². The Kier molecular flexibility index (Phi) is 4.82. The highest BCUT2D eigenvalue weighted by atomic mass is 79.9. The monoisotopic (exact) mass is 317 g/mol. The molecule has 98 valence electrons. The molecule has 1 saturated carbocycles. The molecule has 2 unspecified atom stereocenters. The largest absolute Gasteiger partial charge is 0.380 e. The zero-order chi connectivity index (χ0) is 13.7. The lowest BCUT2D eigenvalue weighted by Gasteiger charge is -2.22. The molecule has 1 aliphatic rings. The summed E-state index contributed by atoms with van der Waals surface area (Å²) < 4.78 is 0.882. The highest BCUT2D eigenvalue weighted by Crippen LogP contribution is 2.29. The highest BCUT2D eigenvalue weighted by Gasteiger charge is 2.23. The van der Waals surface area contributed by atoms with Gasteiger partial charge in [-0.25, -0.2) is 0 Å². The first-order valence-corrected chi connectivity index (χ1v) is 7.39. The van der Waals surface area contributed by atoms with Crippen LogP contribution in [0.5, 0.6) is 0 Å². The van der Waals surface area contributed by atoms with E-state index in [4.69, 9.17) is 5.26 Å². The van der Waals surface area contributed by atoms with Crippen molar-refractivity contribution >= 4 is 21.6 Å². The van der Waals surface area contributed by atoms with Gasteiger partial charge in [-0.2, -0.15) is 10.5 Å². The molecule has 1 aromatic carbocycles. The molecule has 1 aliphatic carbocycles. The number of hydrogen-bond acceptors (Lipinski definition) is 3. The smallest absolute Gasteiger partial charge is 0.0992 e. The number of rotatable bonds is 2. The van der Waals surface area contributed by atoms with E-state index in [1.807, 2.05) is 6.07 Å². The van der Waals surface area contributed by atoms with Crippen LogP contribution in [0.4, 0.5) is 5.69 Å². The Hall–Kier alpha value is -1.52. The van der Waals surface area contributed by atoms with Crippen molar-refractivity contribution in [3.05, 3.63) is 28.2 Å². The van der Waals surface area contributed by atoms with E-state index in [-0.39, 0.29) is 12.0 Å². The van der Waals surface area contributed by atoms with Crippen molar-refractivity contribution in [2.24, 2.45) is 5.92 Å². The zero-order valence-corrected chi connectivity index (χ0v) is 12.3. The SMILES string of the molecule is N#Cc1ccc(NC2CCCCCC2C#N)c(Br)c1. The topological polar surface area (TPSA) is 59.6 Å². The van der Waals surface area contributed by atoms with Crippen molar-refractivity contribution in [2.75, 3.05) is 5.32 Å². The molecule has 1 fully saturated rings. The van der Waals surface area contributed by atoms with Crippen molar-refractivity contribution in [2.45, 2.75) is 38.1 Å². The van der Waals surface area contributed by atoms with Gasteiger partial charge in [-0.15, -0.1) is 0 Å². The number of nitrogens with zero attached hydrogens (tertiary/aromatic N) is 2. The number of nitrogens with one attached hydrogen (secondary N) is 1. The van der Waals surface area contributed by atoms with Gasteiger partial charge in [0.15, 0.2) is 0 Å². The molecule has 19 heavy (non-hydrogen) atoms. The molecule has 0 bridgehead atoms. The Balaban J connectivity index is 2.15. The summed E-state index contributed by atoms with van der Waals surface area (Å²) in [5, 5.41) is 21.6. The van der Waals surface area contributed by atoms with Gasteiger partial charge < -0.3 is 5.32 Å². The Morgan fingerprint density at radius 1 is 1.16 bits per heavy atom. The summed E-state index contributed by atoms with van der Waals surface area (Å²) >= 11 is 3.48. The molecular weight excluding hydrogens is 302 g/mol. The van der Waals surface area contributed by atoms with Crippen molar-refractivity contribution in [3.63, 3.8) is 0 Å². The van der Waals surface area contributed by atoms with Crippen LogP contribution in [-0.2, 0) is 0 Å². The molecule has 0 amide bonds. The van der Waals surface area contributed by atoms with Crippen molar-refractivity contribution in [1.29, 1.82) is 10.5 Å². The molecule has 3 nitrogen and oxygen atoms in total. The van der Waals surface area contributed by atoms with Crippen LogP contribution in [0.15, 0.2) is 22.7 Å². The summed E-state index contributed by atoms with van der Waals surface area (Å²) in [4.78, 5) is 0. The minimum absolute atomic E-state index is 0.0741. The number of benzene rings is 1. The average molecular weight is 318 g/mol. The first-order chi connectivity index (χ1) is 9.24. The Morgan fingerprint density at radius 3 is 2.63 bits per heavy atom. The Morgan fingerprint density at radius 2 is 1.95 bits per heavy atom. The van der Waals surface area contributed by atoms with Gasteiger partial charge in [-0.1, -0.05) is 19.3 Å². The number of nitriles is 2. The van der Waals surface area contributed by atoms with Crippen molar-refractivity contribution in [1.82, 2.24) is 0 Å². The van der Waals surface area contributed by atoms with Crippen LogP contribution < -0.4 is 5.32 Å². The van der Waals surface area contributed by atoms with E-state index < -0.39 is 0 Å². The normalized spacial score (nSPS) is 22.9. The fourth-order valence-corrected chi connectivity index (χ4v) is 3.03. The molecule has 0 aliphatic heterocycles. The minimum atomic E-state index is 0.0741. The van der Waals surface area contributed by atoms with E-state index >= 15 is 0 Å². The average Bonchev–Trinajstić information content (AvgIpc) is 2.66. The molecule has 2 atom stereocenters. The molecule has 1 aromatic rings. The van der Waals surface area contributed by atoms with Crippen LogP contribution in [0.2, 0.25) is 0 Å². The van der Waals surface area contributed by atoms with Crippen LogP contribution >= 0.6 is 15.9 Å². The second kappa shape index (κ2) is 6.59. The van der Waals surface area contributed by atoms with Crippen LogP contribution in [0.25, 0.3) is 0 Å². The maximum absolute atomic E-state index is 9.27. The molecule has 0 saturated heterocycles. The minimum Gasteiger partial charge on any atom is -0.380 e. The number of hydrogen-bond donors (Lipinski definition) is 1. The van der Waals surface area contributed by atoms with Gasteiger partial charge in [0.1, 0.15) is 0 Å². The molecule has 0 aromatic heterocycles. The summed E-state index contributed by atoms with van der Waals surface area (Å²) in [6.45, 7) is 0. The van der Waals surface area contributed by atoms with E-state index in [0.717, 1.165) is 29.4 Å². The van der Waals surface area contributed by atoms with E-state index in [9.17, 15) is 5.26 Å². The fourth-order valence-electron chi connectivity index (χ4n) is 2.54. The number of anilines is 1. The van der Waals surface area contributed by atoms with Gasteiger partial charge in [-0.05, 0) is 47.0 Å². The predicted octanol–water partition coefficient (Wildman–Crippen LogP) is 4.21. The van der Waals surface area contributed by atoms with Gasteiger partial charge >= 0.3 is 0 Å². The van der Waals surface area contributed by atoms with Gasteiger partial charge in [-0.3, -0.25) is 0 Å². The van der Waals surface area contributed by atoms with E-state index in [1.165, 1.54) is 12.8 Å². The first-order valence-electron chi connectivity index (χ1n) is 6.60. The highest BCUT2D eigenvalue weighted by molar-refractivity contribution is 9.10. The fraction of sp³-hybridized carbons (Fsp3) is 0.467. The quantitative estimate of drug-likeness (QED) is 0.831. The lowest BCUT2D eigenvalue weighted by Crippen LogP contribution is -2.27. The van der Waals surface area contributed by atoms with Gasteiger partial charge in [0.2, 0.25) is 0 Å². The summed E-state index contributed by atoms with van der Waals surface area (Å²) in [5.74, 6) is 0.0741. The van der Waals surface area contributed by atoms with Crippen molar-refractivity contribution < 1.29 is 0 Å². The van der Waals surface area contributed by atoms with Crippen molar-refractivity contribution in [3.8, 4) is 12.1 Å². The predicted molar refractivity (Wildman–Crippen MR) is 78.5 cm³/mol. The first kappa shape index (κ1) is 13.9. The molecule has 0 radical (unpaired) electrons. The summed E-state index contributed by atoms with van der Waals surface area (Å²) in [6.07, 6.45) is 5.53. The van der Waals surface area contributed by atoms with Crippen LogP contribution in [0.1, 0.15) is 37.7 Å². The lowest BCUT2D eigenvalue weighted by molar-refractivity contribution is 0.514.